The Morgan fingerprint density at radius 2 is 1.85 bits per heavy atom. The molecule has 1 heterocycles. The van der Waals surface area contributed by atoms with Gasteiger partial charge in [-0.15, -0.1) is 0 Å². The number of carbonyl (C=O) groups excluding carboxylic acids is 1. The van der Waals surface area contributed by atoms with Crippen molar-refractivity contribution in [1.82, 2.24) is 0 Å². The first-order valence-corrected chi connectivity index (χ1v) is 6.26. The summed E-state index contributed by atoms with van der Waals surface area (Å²) in [6.45, 7) is 0. The second kappa shape index (κ2) is 4.96. The van der Waals surface area contributed by atoms with Gasteiger partial charge in [0.15, 0.2) is 11.6 Å². The molecule has 1 aliphatic heterocycles. The summed E-state index contributed by atoms with van der Waals surface area (Å²) in [6.07, 6.45) is 2.05. The molecule has 0 radical (unpaired) electrons. The molecule has 20 heavy (non-hydrogen) atoms. The van der Waals surface area contributed by atoms with Crippen LogP contribution in [0.4, 0.5) is 8.78 Å². The Morgan fingerprint density at radius 3 is 2.65 bits per heavy atom. The first-order valence-electron chi connectivity index (χ1n) is 6.26. The lowest BCUT2D eigenvalue weighted by Crippen LogP contribution is -2.16. The Bertz CT molecular complexity index is 709. The average Bonchev–Trinajstić information content (AvgIpc) is 2.46. The lowest BCUT2D eigenvalue weighted by Gasteiger charge is -2.19. The number of fused-ring (bicyclic) bond motifs is 1. The molecule has 100 valence electrons. The van der Waals surface area contributed by atoms with E-state index in [2.05, 4.69) is 4.99 Å². The maximum atomic E-state index is 13.2. The molecule has 0 fully saturated rings. The van der Waals surface area contributed by atoms with Crippen molar-refractivity contribution in [3.8, 4) is 0 Å². The summed E-state index contributed by atoms with van der Waals surface area (Å²) < 4.78 is 26.2. The topological polar surface area (TPSA) is 29.4 Å². The second-order valence-corrected chi connectivity index (χ2v) is 4.73. The summed E-state index contributed by atoms with van der Waals surface area (Å²) in [5.74, 6) is -2.09. The highest BCUT2D eigenvalue weighted by Crippen LogP contribution is 2.27. The Morgan fingerprint density at radius 1 is 1.05 bits per heavy atom. The largest absolute Gasteiger partial charge is 0.276 e. The number of aliphatic imine (C=N–C) groups is 1. The van der Waals surface area contributed by atoms with Crippen molar-refractivity contribution >= 4 is 12.1 Å². The SMILES string of the molecule is O=C1N=CC(Cc2ccc(F)c(F)c2)c2ccccc21. The summed E-state index contributed by atoms with van der Waals surface area (Å²) in [4.78, 5) is 15.5. The molecule has 1 aliphatic rings. The molecular formula is C16H11F2NO. The van der Waals surface area contributed by atoms with Crippen LogP contribution >= 0.6 is 0 Å². The number of nitrogens with zero attached hydrogens (tertiary/aromatic N) is 1. The average molecular weight is 271 g/mol. The lowest BCUT2D eigenvalue weighted by molar-refractivity contribution is 0.1000. The van der Waals surface area contributed by atoms with Gasteiger partial charge in [-0.2, -0.15) is 0 Å². The van der Waals surface area contributed by atoms with Gasteiger partial charge in [-0.25, -0.2) is 13.8 Å². The van der Waals surface area contributed by atoms with E-state index < -0.39 is 11.6 Å². The quantitative estimate of drug-likeness (QED) is 0.821. The van der Waals surface area contributed by atoms with Gasteiger partial charge in [0.25, 0.3) is 5.91 Å². The molecule has 2 nitrogen and oxygen atoms in total. The van der Waals surface area contributed by atoms with Gasteiger partial charge in [-0.1, -0.05) is 24.3 Å². The van der Waals surface area contributed by atoms with Crippen LogP contribution in [0.2, 0.25) is 0 Å². The standard InChI is InChI=1S/C16H11F2NO/c17-14-6-5-10(8-15(14)18)7-11-9-19-16(20)13-4-2-1-3-12(11)13/h1-6,8-9,11H,7H2. The molecule has 0 bridgehead atoms. The van der Waals surface area contributed by atoms with Crippen molar-refractivity contribution in [3.05, 3.63) is 70.8 Å². The molecule has 0 aromatic heterocycles. The highest BCUT2D eigenvalue weighted by atomic mass is 19.2. The lowest BCUT2D eigenvalue weighted by atomic mass is 9.87. The molecule has 1 amide bonds. The number of amides is 1. The molecule has 0 saturated carbocycles. The zero-order valence-electron chi connectivity index (χ0n) is 10.5. The fourth-order valence-corrected chi connectivity index (χ4v) is 2.41. The third-order valence-electron chi connectivity index (χ3n) is 3.40. The number of benzene rings is 2. The Hall–Kier alpha value is -2.36. The van der Waals surface area contributed by atoms with Crippen LogP contribution in [0.25, 0.3) is 0 Å². The van der Waals surface area contributed by atoms with E-state index in [0.717, 1.165) is 11.6 Å². The van der Waals surface area contributed by atoms with Crippen LogP contribution in [-0.4, -0.2) is 12.1 Å². The molecule has 1 unspecified atom stereocenters. The van der Waals surface area contributed by atoms with E-state index in [4.69, 9.17) is 0 Å². The third kappa shape index (κ3) is 2.25. The Labute approximate surface area is 114 Å². The van der Waals surface area contributed by atoms with E-state index >= 15 is 0 Å². The van der Waals surface area contributed by atoms with E-state index in [1.807, 2.05) is 12.1 Å². The van der Waals surface area contributed by atoms with Gasteiger partial charge in [0.1, 0.15) is 0 Å². The van der Waals surface area contributed by atoms with Gasteiger partial charge in [-0.3, -0.25) is 4.79 Å². The maximum absolute atomic E-state index is 13.2. The van der Waals surface area contributed by atoms with E-state index in [0.29, 0.717) is 17.5 Å². The number of rotatable bonds is 2. The van der Waals surface area contributed by atoms with Crippen molar-refractivity contribution in [2.75, 3.05) is 0 Å². The number of hydrogen-bond acceptors (Lipinski definition) is 1. The summed E-state index contributed by atoms with van der Waals surface area (Å²) in [7, 11) is 0. The predicted octanol–water partition coefficient (Wildman–Crippen LogP) is 3.52. The Kier molecular flexibility index (Phi) is 3.14. The Balaban J connectivity index is 1.93. The zero-order valence-corrected chi connectivity index (χ0v) is 10.5. The molecular weight excluding hydrogens is 260 g/mol. The fraction of sp³-hybridized carbons (Fsp3) is 0.125. The molecule has 3 rings (SSSR count). The van der Waals surface area contributed by atoms with E-state index in [1.54, 1.807) is 24.4 Å². The van der Waals surface area contributed by atoms with Gasteiger partial charge in [0.2, 0.25) is 0 Å². The minimum Gasteiger partial charge on any atom is -0.267 e. The molecule has 2 aromatic rings. The second-order valence-electron chi connectivity index (χ2n) is 4.73. The predicted molar refractivity (Wildman–Crippen MR) is 72.1 cm³/mol. The summed E-state index contributed by atoms with van der Waals surface area (Å²) in [5, 5.41) is 0. The van der Waals surface area contributed by atoms with E-state index in [-0.39, 0.29) is 11.8 Å². The molecule has 0 saturated heterocycles. The minimum atomic E-state index is -0.861. The van der Waals surface area contributed by atoms with Crippen molar-refractivity contribution in [2.24, 2.45) is 4.99 Å². The number of carbonyl (C=O) groups is 1. The van der Waals surface area contributed by atoms with Crippen LogP contribution in [-0.2, 0) is 6.42 Å². The van der Waals surface area contributed by atoms with Gasteiger partial charge < -0.3 is 0 Å². The zero-order chi connectivity index (χ0) is 14.1. The maximum Gasteiger partial charge on any atom is 0.276 e. The van der Waals surface area contributed by atoms with Crippen LogP contribution in [0.3, 0.4) is 0 Å². The highest BCUT2D eigenvalue weighted by molar-refractivity contribution is 6.04. The smallest absolute Gasteiger partial charge is 0.267 e. The first-order chi connectivity index (χ1) is 9.65. The van der Waals surface area contributed by atoms with Crippen molar-refractivity contribution in [1.29, 1.82) is 0 Å². The van der Waals surface area contributed by atoms with Crippen molar-refractivity contribution in [2.45, 2.75) is 12.3 Å². The van der Waals surface area contributed by atoms with Gasteiger partial charge in [0, 0.05) is 17.7 Å². The van der Waals surface area contributed by atoms with E-state index in [9.17, 15) is 13.6 Å². The van der Waals surface area contributed by atoms with Crippen LogP contribution in [0.1, 0.15) is 27.4 Å². The van der Waals surface area contributed by atoms with Crippen LogP contribution in [0, 0.1) is 11.6 Å². The van der Waals surface area contributed by atoms with Crippen LogP contribution in [0.15, 0.2) is 47.5 Å². The summed E-state index contributed by atoms with van der Waals surface area (Å²) in [5.41, 5.74) is 2.12. The minimum absolute atomic E-state index is 0.103. The van der Waals surface area contributed by atoms with Crippen molar-refractivity contribution < 1.29 is 13.6 Å². The fourth-order valence-electron chi connectivity index (χ4n) is 2.41. The van der Waals surface area contributed by atoms with E-state index in [1.165, 1.54) is 6.07 Å². The summed E-state index contributed by atoms with van der Waals surface area (Å²) >= 11 is 0. The molecule has 4 heteroatoms. The van der Waals surface area contributed by atoms with Gasteiger partial charge in [0.05, 0.1) is 0 Å². The molecule has 0 aliphatic carbocycles. The molecule has 1 atom stereocenters. The number of hydrogen-bond donors (Lipinski definition) is 0. The van der Waals surface area contributed by atoms with Crippen LogP contribution < -0.4 is 0 Å². The van der Waals surface area contributed by atoms with Crippen LogP contribution in [0.5, 0.6) is 0 Å². The first kappa shape index (κ1) is 12.7. The summed E-state index contributed by atoms with van der Waals surface area (Å²) in [6, 6.07) is 11.1. The molecule has 0 spiro atoms. The van der Waals surface area contributed by atoms with Crippen molar-refractivity contribution in [3.63, 3.8) is 0 Å². The van der Waals surface area contributed by atoms with Gasteiger partial charge in [-0.05, 0) is 35.7 Å². The molecule has 0 N–H and O–H groups in total. The normalized spacial score (nSPS) is 17.1. The highest BCUT2D eigenvalue weighted by Gasteiger charge is 2.22. The number of halogens is 2. The third-order valence-corrected chi connectivity index (χ3v) is 3.40. The monoisotopic (exact) mass is 271 g/mol. The molecule has 2 aromatic carbocycles. The van der Waals surface area contributed by atoms with Gasteiger partial charge >= 0.3 is 0 Å².